The van der Waals surface area contributed by atoms with Gasteiger partial charge in [-0.1, -0.05) is 30.3 Å². The lowest BCUT2D eigenvalue weighted by atomic mass is 10.2. The number of aryl methyl sites for hydroxylation is 1. The molecule has 33 heavy (non-hydrogen) atoms. The van der Waals surface area contributed by atoms with Gasteiger partial charge in [-0.2, -0.15) is 0 Å². The van der Waals surface area contributed by atoms with E-state index >= 15 is 0 Å². The topological polar surface area (TPSA) is 84.9 Å². The fourth-order valence-corrected chi connectivity index (χ4v) is 4.47. The maximum Gasteiger partial charge on any atom is 0.243 e. The Kier molecular flexibility index (Phi) is 7.95. The number of hydrogen-bond donors (Lipinski definition) is 1. The minimum Gasteiger partial charge on any atom is -0.492 e. The van der Waals surface area contributed by atoms with Crippen molar-refractivity contribution in [2.24, 2.45) is 0 Å². The minimum atomic E-state index is -3.71. The van der Waals surface area contributed by atoms with Gasteiger partial charge in [0.05, 0.1) is 18.5 Å². The summed E-state index contributed by atoms with van der Waals surface area (Å²) in [5.41, 5.74) is 1.45. The smallest absolute Gasteiger partial charge is 0.243 e. The highest BCUT2D eigenvalue weighted by atomic mass is 32.2. The molecule has 0 saturated heterocycles. The summed E-state index contributed by atoms with van der Waals surface area (Å²) in [6, 6.07) is 22.5. The second kappa shape index (κ2) is 10.9. The van der Waals surface area contributed by atoms with E-state index in [-0.39, 0.29) is 13.2 Å². The average Bonchev–Trinajstić information content (AvgIpc) is 2.78. The molecule has 0 spiro atoms. The summed E-state index contributed by atoms with van der Waals surface area (Å²) in [5.74, 6) is 1.53. The van der Waals surface area contributed by atoms with E-state index < -0.39 is 22.0 Å². The molecule has 0 aliphatic rings. The number of anilines is 1. The first kappa shape index (κ1) is 24.1. The van der Waals surface area contributed by atoms with Crippen LogP contribution in [0.1, 0.15) is 12.5 Å². The van der Waals surface area contributed by atoms with Crippen LogP contribution >= 0.6 is 0 Å². The zero-order valence-corrected chi connectivity index (χ0v) is 19.7. The molecule has 3 aromatic carbocycles. The Hall–Kier alpha value is -3.52. The number of ether oxygens (including phenoxy) is 2. The van der Waals surface area contributed by atoms with Crippen LogP contribution in [0.3, 0.4) is 0 Å². The Morgan fingerprint density at radius 2 is 1.58 bits per heavy atom. The molecule has 3 rings (SSSR count). The molecule has 1 amide bonds. The van der Waals surface area contributed by atoms with Gasteiger partial charge in [-0.25, -0.2) is 8.42 Å². The van der Waals surface area contributed by atoms with Gasteiger partial charge in [0, 0.05) is 0 Å². The van der Waals surface area contributed by atoms with Crippen molar-refractivity contribution in [2.45, 2.75) is 19.9 Å². The number of carbonyl (C=O) groups excluding carboxylic acids is 1. The number of nitrogens with zero attached hydrogens (tertiary/aromatic N) is 1. The first-order chi connectivity index (χ1) is 15.7. The van der Waals surface area contributed by atoms with Gasteiger partial charge in [0.1, 0.15) is 29.9 Å². The van der Waals surface area contributed by atoms with E-state index in [0.29, 0.717) is 22.9 Å². The van der Waals surface area contributed by atoms with Crippen molar-refractivity contribution >= 4 is 21.6 Å². The van der Waals surface area contributed by atoms with Crippen molar-refractivity contribution in [3.63, 3.8) is 0 Å². The van der Waals surface area contributed by atoms with Gasteiger partial charge in [-0.3, -0.25) is 9.10 Å². The summed E-state index contributed by atoms with van der Waals surface area (Å²) < 4.78 is 37.5. The molecule has 8 heteroatoms. The molecule has 7 nitrogen and oxygen atoms in total. The highest BCUT2D eigenvalue weighted by Crippen LogP contribution is 2.26. The second-order valence-electron chi connectivity index (χ2n) is 7.60. The summed E-state index contributed by atoms with van der Waals surface area (Å²) in [7, 11) is -3.71. The summed E-state index contributed by atoms with van der Waals surface area (Å²) in [6.07, 6.45) is 1.08. The molecular formula is C25H28N2O5S. The third-order valence-electron chi connectivity index (χ3n) is 4.82. The van der Waals surface area contributed by atoms with Crippen LogP contribution in [0, 0.1) is 6.92 Å². The fraction of sp³-hybridized carbons (Fsp3) is 0.240. The summed E-state index contributed by atoms with van der Waals surface area (Å²) in [5, 5.41) is 2.74. The lowest BCUT2D eigenvalue weighted by Gasteiger charge is -2.28. The van der Waals surface area contributed by atoms with E-state index in [0.717, 1.165) is 16.1 Å². The van der Waals surface area contributed by atoms with E-state index in [4.69, 9.17) is 9.47 Å². The monoisotopic (exact) mass is 468 g/mol. The zero-order valence-electron chi connectivity index (χ0n) is 18.9. The van der Waals surface area contributed by atoms with Gasteiger partial charge < -0.3 is 14.8 Å². The molecule has 3 aromatic rings. The van der Waals surface area contributed by atoms with E-state index in [1.165, 1.54) is 0 Å². The van der Waals surface area contributed by atoms with Gasteiger partial charge in [-0.05, 0) is 67.9 Å². The molecule has 0 aromatic heterocycles. The normalized spacial score (nSPS) is 12.0. The van der Waals surface area contributed by atoms with Crippen LogP contribution in [-0.2, 0) is 14.8 Å². The summed E-state index contributed by atoms with van der Waals surface area (Å²) in [6.45, 7) is 4.04. The van der Waals surface area contributed by atoms with Gasteiger partial charge >= 0.3 is 0 Å². The van der Waals surface area contributed by atoms with Gasteiger partial charge in [0.15, 0.2) is 0 Å². The first-order valence-electron chi connectivity index (χ1n) is 10.5. The van der Waals surface area contributed by atoms with Crippen molar-refractivity contribution in [1.29, 1.82) is 0 Å². The second-order valence-corrected chi connectivity index (χ2v) is 9.46. The minimum absolute atomic E-state index is 0.249. The summed E-state index contributed by atoms with van der Waals surface area (Å²) >= 11 is 0. The third kappa shape index (κ3) is 6.98. The number of sulfonamides is 1. The SMILES string of the molecule is Cc1cccc(OCCNC(=O)[C@H](C)N(c2ccc(Oc3ccccc3)cc2)S(C)(=O)=O)c1. The van der Waals surface area contributed by atoms with E-state index in [2.05, 4.69) is 5.32 Å². The van der Waals surface area contributed by atoms with Crippen LogP contribution in [0.4, 0.5) is 5.69 Å². The standard InChI is InChI=1S/C25H28N2O5S/c1-19-8-7-11-24(18-19)31-17-16-26-25(28)20(2)27(33(3,29)30)21-12-14-23(15-13-21)32-22-9-5-4-6-10-22/h4-15,18,20H,16-17H2,1-3H3,(H,26,28)/t20-/m0/s1. The number of nitrogens with one attached hydrogen (secondary N) is 1. The van der Waals surface area contributed by atoms with Gasteiger partial charge in [-0.15, -0.1) is 0 Å². The number of para-hydroxylation sites is 1. The molecule has 174 valence electrons. The lowest BCUT2D eigenvalue weighted by Crippen LogP contribution is -2.48. The largest absolute Gasteiger partial charge is 0.492 e. The third-order valence-corrected chi connectivity index (χ3v) is 6.06. The molecule has 1 atom stereocenters. The Labute approximate surface area is 195 Å². The number of amides is 1. The van der Waals surface area contributed by atoms with Crippen LogP contribution < -0.4 is 19.1 Å². The van der Waals surface area contributed by atoms with Gasteiger partial charge in [0.25, 0.3) is 0 Å². The summed E-state index contributed by atoms with van der Waals surface area (Å²) in [4.78, 5) is 12.7. The van der Waals surface area contributed by atoms with Crippen LogP contribution in [0.15, 0.2) is 78.9 Å². The molecule has 0 fully saturated rings. The van der Waals surface area contributed by atoms with Crippen LogP contribution in [0.5, 0.6) is 17.2 Å². The van der Waals surface area contributed by atoms with Crippen molar-refractivity contribution in [3.05, 3.63) is 84.4 Å². The van der Waals surface area contributed by atoms with Crippen molar-refractivity contribution in [1.82, 2.24) is 5.32 Å². The molecule has 0 heterocycles. The predicted molar refractivity (Wildman–Crippen MR) is 129 cm³/mol. The molecule has 0 radical (unpaired) electrons. The van der Waals surface area contributed by atoms with Crippen LogP contribution in [-0.4, -0.2) is 39.8 Å². The molecule has 0 saturated carbocycles. The van der Waals surface area contributed by atoms with Crippen molar-refractivity contribution < 1.29 is 22.7 Å². The fourth-order valence-electron chi connectivity index (χ4n) is 3.29. The maximum absolute atomic E-state index is 12.7. The van der Waals surface area contributed by atoms with Crippen molar-refractivity contribution in [3.8, 4) is 17.2 Å². The maximum atomic E-state index is 12.7. The Morgan fingerprint density at radius 3 is 2.21 bits per heavy atom. The number of carbonyl (C=O) groups is 1. The highest BCUT2D eigenvalue weighted by molar-refractivity contribution is 7.92. The van der Waals surface area contributed by atoms with E-state index in [9.17, 15) is 13.2 Å². The lowest BCUT2D eigenvalue weighted by molar-refractivity contribution is -0.121. The van der Waals surface area contributed by atoms with E-state index in [1.807, 2.05) is 61.5 Å². The highest BCUT2D eigenvalue weighted by Gasteiger charge is 2.29. The van der Waals surface area contributed by atoms with Crippen LogP contribution in [0.25, 0.3) is 0 Å². The van der Waals surface area contributed by atoms with Gasteiger partial charge in [0.2, 0.25) is 15.9 Å². The molecule has 0 aliphatic heterocycles. The molecule has 0 bridgehead atoms. The molecule has 0 aliphatic carbocycles. The zero-order chi connectivity index (χ0) is 23.8. The Balaban J connectivity index is 1.62. The quantitative estimate of drug-likeness (QED) is 0.452. The molecular weight excluding hydrogens is 440 g/mol. The Bertz CT molecular complexity index is 1160. The molecule has 1 N–H and O–H groups in total. The number of benzene rings is 3. The Morgan fingerprint density at radius 1 is 0.939 bits per heavy atom. The number of rotatable bonds is 10. The average molecular weight is 469 g/mol. The van der Waals surface area contributed by atoms with E-state index in [1.54, 1.807) is 31.2 Å². The molecule has 0 unspecified atom stereocenters. The van der Waals surface area contributed by atoms with Crippen LogP contribution in [0.2, 0.25) is 0 Å². The number of hydrogen-bond acceptors (Lipinski definition) is 5. The predicted octanol–water partition coefficient (Wildman–Crippen LogP) is 4.14. The first-order valence-corrected chi connectivity index (χ1v) is 12.4. The van der Waals surface area contributed by atoms with Crippen molar-refractivity contribution in [2.75, 3.05) is 23.7 Å².